The lowest BCUT2D eigenvalue weighted by molar-refractivity contribution is 0.0695. The van der Waals surface area contributed by atoms with Crippen LogP contribution in [0.2, 0.25) is 5.15 Å². The van der Waals surface area contributed by atoms with Gasteiger partial charge in [-0.1, -0.05) is 45.2 Å². The quantitative estimate of drug-likeness (QED) is 0.190. The summed E-state index contributed by atoms with van der Waals surface area (Å²) < 4.78 is 27.5. The Balaban J connectivity index is 2.63. The Morgan fingerprint density at radius 1 is 1.13 bits per heavy atom. The average molecular weight is 550 g/mol. The number of hydrogen-bond acceptors (Lipinski definition) is 4. The number of halogens is 3. The van der Waals surface area contributed by atoms with Crippen LogP contribution >= 0.6 is 34.2 Å². The van der Waals surface area contributed by atoms with Gasteiger partial charge in [-0.05, 0) is 59.5 Å². The van der Waals surface area contributed by atoms with Crippen LogP contribution in [-0.2, 0) is 6.42 Å². The van der Waals surface area contributed by atoms with Crippen molar-refractivity contribution in [3.8, 4) is 22.8 Å². The van der Waals surface area contributed by atoms with Crippen LogP contribution in [0.1, 0.15) is 62.4 Å². The number of rotatable bonds is 11. The van der Waals surface area contributed by atoms with Crippen LogP contribution < -0.4 is 9.47 Å². The Hall–Kier alpha value is -1.61. The molecule has 0 atom stereocenters. The molecule has 0 spiro atoms. The first-order valence-electron chi connectivity index (χ1n) is 10.1. The number of hydrogen-bond donors (Lipinski definition) is 1. The van der Waals surface area contributed by atoms with Gasteiger partial charge in [0.25, 0.3) is 0 Å². The van der Waals surface area contributed by atoms with Gasteiger partial charge in [0.05, 0.1) is 28.0 Å². The summed E-state index contributed by atoms with van der Waals surface area (Å²) in [4.78, 5) is 15.8. The number of aromatic carboxylic acids is 1. The van der Waals surface area contributed by atoms with Crippen molar-refractivity contribution < 1.29 is 23.8 Å². The number of carbonyl (C=O) groups is 1. The number of carboxylic acids is 1. The molecule has 0 amide bonds. The Morgan fingerprint density at radius 2 is 1.73 bits per heavy atom. The first kappa shape index (κ1) is 24.7. The first-order valence-corrected chi connectivity index (χ1v) is 11.5. The molecular weight excluding hydrogens is 524 g/mol. The monoisotopic (exact) mass is 549 g/mol. The highest BCUT2D eigenvalue weighted by Gasteiger charge is 2.24. The van der Waals surface area contributed by atoms with Crippen LogP contribution in [0.5, 0.6) is 11.5 Å². The molecule has 1 aromatic heterocycles. The summed E-state index contributed by atoms with van der Waals surface area (Å²) in [5, 5.41) is 9.31. The summed E-state index contributed by atoms with van der Waals surface area (Å²) in [7, 11) is 0. The summed E-state index contributed by atoms with van der Waals surface area (Å²) in [5.74, 6) is -1.52. The molecule has 0 aliphatic heterocycles. The molecule has 8 heteroatoms. The van der Waals surface area contributed by atoms with Crippen LogP contribution in [0, 0.1) is 9.39 Å². The van der Waals surface area contributed by atoms with Gasteiger partial charge in [0.1, 0.15) is 5.15 Å². The maximum atomic E-state index is 15.4. The molecule has 0 saturated heterocycles. The highest BCUT2D eigenvalue weighted by molar-refractivity contribution is 14.1. The van der Waals surface area contributed by atoms with Crippen molar-refractivity contribution in [2.45, 2.75) is 52.9 Å². The Kier molecular flexibility index (Phi) is 9.61. The second-order valence-electron chi connectivity index (χ2n) is 6.77. The topological polar surface area (TPSA) is 68.7 Å². The lowest BCUT2D eigenvalue weighted by atomic mass is 10.0. The van der Waals surface area contributed by atoms with E-state index in [2.05, 4.69) is 4.98 Å². The number of benzene rings is 1. The van der Waals surface area contributed by atoms with E-state index in [-0.39, 0.29) is 22.2 Å². The van der Waals surface area contributed by atoms with Crippen molar-refractivity contribution >= 4 is 40.2 Å². The van der Waals surface area contributed by atoms with Crippen molar-refractivity contribution in [2.24, 2.45) is 0 Å². The van der Waals surface area contributed by atoms with Crippen molar-refractivity contribution in [3.05, 3.63) is 37.8 Å². The van der Waals surface area contributed by atoms with E-state index in [1.807, 2.05) is 43.4 Å². The van der Waals surface area contributed by atoms with Crippen molar-refractivity contribution in [1.82, 2.24) is 4.98 Å². The SMILES string of the molecule is CCCCOc1c(I)cc(-c2cc(CC)c(C(=O)O)c(Cl)n2)c(OCCCC)c1F. The van der Waals surface area contributed by atoms with Gasteiger partial charge in [-0.3, -0.25) is 0 Å². The number of carboxylic acid groups (broad SMARTS) is 1. The Bertz CT molecular complexity index is 907. The van der Waals surface area contributed by atoms with Crippen LogP contribution in [0.15, 0.2) is 12.1 Å². The molecule has 0 aliphatic carbocycles. The van der Waals surface area contributed by atoms with Crippen molar-refractivity contribution in [1.29, 1.82) is 0 Å². The predicted molar refractivity (Wildman–Crippen MR) is 125 cm³/mol. The molecule has 1 heterocycles. The Morgan fingerprint density at radius 3 is 2.27 bits per heavy atom. The zero-order valence-electron chi connectivity index (χ0n) is 17.4. The van der Waals surface area contributed by atoms with Gasteiger partial charge in [0, 0.05) is 5.56 Å². The zero-order valence-corrected chi connectivity index (χ0v) is 20.3. The summed E-state index contributed by atoms with van der Waals surface area (Å²) in [6, 6.07) is 3.37. The van der Waals surface area contributed by atoms with E-state index in [0.29, 0.717) is 40.0 Å². The highest BCUT2D eigenvalue weighted by Crippen LogP contribution is 2.41. The minimum Gasteiger partial charge on any atom is -0.490 e. The second-order valence-corrected chi connectivity index (χ2v) is 8.29. The number of aromatic nitrogens is 1. The largest absolute Gasteiger partial charge is 0.490 e. The maximum Gasteiger partial charge on any atom is 0.339 e. The minimum atomic E-state index is -1.14. The third-order valence-electron chi connectivity index (χ3n) is 4.55. The summed E-state index contributed by atoms with van der Waals surface area (Å²) in [5.41, 5.74) is 1.27. The number of unbranched alkanes of at least 4 members (excludes halogenated alkanes) is 2. The number of ether oxygens (including phenoxy) is 2. The van der Waals surface area contributed by atoms with Gasteiger partial charge >= 0.3 is 5.97 Å². The van der Waals surface area contributed by atoms with Crippen LogP contribution in [-0.4, -0.2) is 29.3 Å². The molecule has 0 unspecified atom stereocenters. The molecule has 0 saturated carbocycles. The third-order valence-corrected chi connectivity index (χ3v) is 5.62. The van der Waals surface area contributed by atoms with E-state index in [0.717, 1.165) is 25.7 Å². The van der Waals surface area contributed by atoms with Crippen LogP contribution in [0.4, 0.5) is 4.39 Å². The number of pyridine rings is 1. The van der Waals surface area contributed by atoms with Crippen LogP contribution in [0.3, 0.4) is 0 Å². The van der Waals surface area contributed by atoms with Gasteiger partial charge in [0.15, 0.2) is 11.5 Å². The smallest absolute Gasteiger partial charge is 0.339 e. The molecule has 2 aromatic rings. The van der Waals surface area contributed by atoms with Crippen molar-refractivity contribution in [2.75, 3.05) is 13.2 Å². The van der Waals surface area contributed by atoms with E-state index in [4.69, 9.17) is 21.1 Å². The van der Waals surface area contributed by atoms with Gasteiger partial charge < -0.3 is 14.6 Å². The molecule has 0 fully saturated rings. The third kappa shape index (κ3) is 5.75. The van der Waals surface area contributed by atoms with Crippen molar-refractivity contribution in [3.63, 3.8) is 0 Å². The summed E-state index contributed by atoms with van der Waals surface area (Å²) in [6.07, 6.45) is 3.87. The molecule has 2 rings (SSSR count). The maximum absolute atomic E-state index is 15.4. The van der Waals surface area contributed by atoms with Gasteiger partial charge in [-0.2, -0.15) is 4.39 Å². The molecule has 164 valence electrons. The molecule has 1 N–H and O–H groups in total. The standard InChI is InChI=1S/C22H26ClFINO4/c1-4-7-9-29-19-14(12-15(25)20(18(19)24)30-10-8-5-2)16-11-13(6-3)17(22(27)28)21(23)26-16/h11-12H,4-10H2,1-3H3,(H,27,28). The molecule has 0 bridgehead atoms. The average Bonchev–Trinajstić information content (AvgIpc) is 2.70. The fourth-order valence-electron chi connectivity index (χ4n) is 2.89. The fraction of sp³-hybridized carbons (Fsp3) is 0.455. The number of nitrogens with zero attached hydrogens (tertiary/aromatic N) is 1. The van der Waals surface area contributed by atoms with E-state index in [1.165, 1.54) is 0 Å². The van der Waals surface area contributed by atoms with Gasteiger partial charge in [-0.15, -0.1) is 0 Å². The highest BCUT2D eigenvalue weighted by atomic mass is 127. The predicted octanol–water partition coefficient (Wildman–Crippen LogP) is 6.76. The lowest BCUT2D eigenvalue weighted by Crippen LogP contribution is -2.08. The summed E-state index contributed by atoms with van der Waals surface area (Å²) in [6.45, 7) is 6.64. The zero-order chi connectivity index (χ0) is 22.3. The van der Waals surface area contributed by atoms with Crippen LogP contribution in [0.25, 0.3) is 11.3 Å². The van der Waals surface area contributed by atoms with E-state index >= 15 is 4.39 Å². The number of aryl methyl sites for hydroxylation is 1. The van der Waals surface area contributed by atoms with Gasteiger partial charge in [-0.25, -0.2) is 9.78 Å². The lowest BCUT2D eigenvalue weighted by Gasteiger charge is -2.18. The molecule has 30 heavy (non-hydrogen) atoms. The van der Waals surface area contributed by atoms with E-state index < -0.39 is 11.8 Å². The molecule has 1 aromatic carbocycles. The van der Waals surface area contributed by atoms with E-state index in [9.17, 15) is 9.90 Å². The second kappa shape index (κ2) is 11.7. The molecule has 0 radical (unpaired) electrons. The van der Waals surface area contributed by atoms with Gasteiger partial charge in [0.2, 0.25) is 5.82 Å². The Labute approximate surface area is 195 Å². The molecule has 0 aliphatic rings. The summed E-state index contributed by atoms with van der Waals surface area (Å²) >= 11 is 8.20. The first-order chi connectivity index (χ1) is 14.3. The molecular formula is C22H26ClFINO4. The molecule has 5 nitrogen and oxygen atoms in total. The fourth-order valence-corrected chi connectivity index (χ4v) is 3.89. The normalized spacial score (nSPS) is 10.9. The minimum absolute atomic E-state index is 0.0361. The van der Waals surface area contributed by atoms with E-state index in [1.54, 1.807) is 12.1 Å².